The summed E-state index contributed by atoms with van der Waals surface area (Å²) in [6.07, 6.45) is 10.0. The van der Waals surface area contributed by atoms with Crippen LogP contribution < -0.4 is 5.56 Å². The minimum absolute atomic E-state index is 0.0478. The number of aromatic nitrogens is 2. The van der Waals surface area contributed by atoms with Crippen LogP contribution in [0.3, 0.4) is 0 Å². The zero-order valence-electron chi connectivity index (χ0n) is 20.0. The second-order valence-electron chi connectivity index (χ2n) is 10.0. The van der Waals surface area contributed by atoms with Gasteiger partial charge >= 0.3 is 5.97 Å². The molecule has 0 bridgehead atoms. The Labute approximate surface area is 209 Å². The molecule has 1 unspecified atom stereocenters. The highest BCUT2D eigenvalue weighted by molar-refractivity contribution is 6.35. The van der Waals surface area contributed by atoms with Gasteiger partial charge in [0.25, 0.3) is 5.56 Å². The van der Waals surface area contributed by atoms with Crippen LogP contribution >= 0.6 is 11.6 Å². The third kappa shape index (κ3) is 3.47. The van der Waals surface area contributed by atoms with Gasteiger partial charge in [0.1, 0.15) is 5.82 Å². The number of nitrogens with zero attached hydrogens (tertiary/aromatic N) is 2. The van der Waals surface area contributed by atoms with E-state index in [9.17, 15) is 9.59 Å². The van der Waals surface area contributed by atoms with Crippen molar-refractivity contribution in [2.75, 3.05) is 6.61 Å². The van der Waals surface area contributed by atoms with Gasteiger partial charge in [0.05, 0.1) is 39.6 Å². The van der Waals surface area contributed by atoms with Crippen molar-refractivity contribution in [1.29, 1.82) is 0 Å². The van der Waals surface area contributed by atoms with Gasteiger partial charge < -0.3 is 4.74 Å². The maximum absolute atomic E-state index is 13.1. The Morgan fingerprint density at radius 2 is 2.03 bits per heavy atom. The molecule has 0 radical (unpaired) electrons. The Bertz CT molecular complexity index is 1430. The summed E-state index contributed by atoms with van der Waals surface area (Å²) in [5, 5.41) is 0.933. The number of fused-ring (bicyclic) bond motifs is 7. The first-order valence-corrected chi connectivity index (χ1v) is 13.1. The number of benzene rings is 2. The maximum atomic E-state index is 13.1. The van der Waals surface area contributed by atoms with Gasteiger partial charge in [0.2, 0.25) is 0 Å². The predicted octanol–water partition coefficient (Wildman–Crippen LogP) is 6.35. The van der Waals surface area contributed by atoms with Gasteiger partial charge in [-0.05, 0) is 80.0 Å². The molecule has 3 aliphatic rings. The molecule has 1 atom stereocenters. The molecule has 0 N–H and O–H groups in total. The van der Waals surface area contributed by atoms with E-state index in [1.165, 1.54) is 23.1 Å². The Morgan fingerprint density at radius 3 is 2.77 bits per heavy atom. The van der Waals surface area contributed by atoms with Gasteiger partial charge in [0, 0.05) is 0 Å². The van der Waals surface area contributed by atoms with E-state index in [4.69, 9.17) is 16.3 Å². The lowest BCUT2D eigenvalue weighted by Gasteiger charge is -2.34. The van der Waals surface area contributed by atoms with Gasteiger partial charge in [-0.3, -0.25) is 14.2 Å². The highest BCUT2D eigenvalue weighted by Gasteiger charge is 2.46. The van der Waals surface area contributed by atoms with Crippen LogP contribution in [0, 0.1) is 5.92 Å². The molecule has 1 fully saturated rings. The number of hydrogen-bond acceptors (Lipinski definition) is 4. The second-order valence-corrected chi connectivity index (χ2v) is 10.4. The summed E-state index contributed by atoms with van der Waals surface area (Å²) in [5.41, 5.74) is 5.20. The van der Waals surface area contributed by atoms with E-state index in [0.717, 1.165) is 62.0 Å². The molecule has 5 nitrogen and oxygen atoms in total. The van der Waals surface area contributed by atoms with Gasteiger partial charge in [-0.15, -0.1) is 0 Å². The number of carbonyl (C=O) groups excluding carboxylic acids is 1. The molecule has 1 aliphatic heterocycles. The summed E-state index contributed by atoms with van der Waals surface area (Å²) in [7, 11) is 0. The monoisotopic (exact) mass is 488 g/mol. The fraction of sp³-hybridized carbons (Fsp3) is 0.414. The minimum atomic E-state index is -0.248. The molecule has 6 rings (SSSR count). The molecular formula is C29H29ClN2O3. The number of ether oxygens (including phenoxy) is 1. The molecule has 6 heteroatoms. The number of esters is 1. The molecule has 2 aromatic carbocycles. The largest absolute Gasteiger partial charge is 0.466 e. The number of halogens is 1. The molecule has 180 valence electrons. The molecule has 0 saturated heterocycles. The van der Waals surface area contributed by atoms with Crippen LogP contribution in [0.4, 0.5) is 0 Å². The van der Waals surface area contributed by atoms with E-state index in [1.54, 1.807) is 6.07 Å². The summed E-state index contributed by atoms with van der Waals surface area (Å²) in [5.74, 6) is 0.729. The average Bonchev–Trinajstić information content (AvgIpc) is 3.13. The maximum Gasteiger partial charge on any atom is 0.309 e. The third-order valence-corrected chi connectivity index (χ3v) is 8.47. The van der Waals surface area contributed by atoms with Crippen LogP contribution in [0.5, 0.6) is 0 Å². The molecule has 2 heterocycles. The topological polar surface area (TPSA) is 61.2 Å². The molecule has 0 amide bonds. The Kier molecular flexibility index (Phi) is 5.56. The third-order valence-electron chi connectivity index (χ3n) is 8.16. The van der Waals surface area contributed by atoms with Crippen molar-refractivity contribution >= 4 is 34.0 Å². The van der Waals surface area contributed by atoms with Gasteiger partial charge in [-0.2, -0.15) is 4.98 Å². The van der Waals surface area contributed by atoms with Crippen molar-refractivity contribution in [3.05, 3.63) is 74.8 Å². The number of hydrogen-bond donors (Lipinski definition) is 0. The summed E-state index contributed by atoms with van der Waals surface area (Å²) < 4.78 is 7.41. The first kappa shape index (κ1) is 22.5. The predicted molar refractivity (Wildman–Crippen MR) is 138 cm³/mol. The van der Waals surface area contributed by atoms with Crippen molar-refractivity contribution in [3.8, 4) is 5.69 Å². The lowest BCUT2D eigenvalue weighted by atomic mass is 9.69. The van der Waals surface area contributed by atoms with Crippen molar-refractivity contribution in [2.45, 2.75) is 63.7 Å². The highest BCUT2D eigenvalue weighted by atomic mass is 35.5. The number of rotatable bonds is 3. The zero-order chi connectivity index (χ0) is 24.2. The van der Waals surface area contributed by atoms with Crippen LogP contribution in [-0.4, -0.2) is 22.1 Å². The summed E-state index contributed by atoms with van der Waals surface area (Å²) in [4.78, 5) is 30.0. The van der Waals surface area contributed by atoms with E-state index in [-0.39, 0.29) is 22.9 Å². The lowest BCUT2D eigenvalue weighted by molar-refractivity contribution is -0.148. The standard InChI is InChI=1S/C29H29ClN2O3/c1-2-35-27(34)19-11-9-18(10-12-19)20-13-14-23-21(17-20)29(15-4-3-5-16-29)28-31-26(33)25-22(30)7-6-8-24(25)32(23)28/h6-9,13-14,17,19H,2-5,10-12,15-16H2,1H3. The van der Waals surface area contributed by atoms with Gasteiger partial charge in [0.15, 0.2) is 0 Å². The first-order valence-electron chi connectivity index (χ1n) is 12.8. The van der Waals surface area contributed by atoms with Crippen molar-refractivity contribution in [1.82, 2.24) is 9.55 Å². The Morgan fingerprint density at radius 1 is 1.20 bits per heavy atom. The van der Waals surface area contributed by atoms with E-state index < -0.39 is 0 Å². The Balaban J connectivity index is 1.49. The lowest BCUT2D eigenvalue weighted by Crippen LogP contribution is -2.32. The molecule has 1 saturated carbocycles. The molecule has 1 aromatic heterocycles. The van der Waals surface area contributed by atoms with E-state index >= 15 is 0 Å². The molecule has 3 aromatic rings. The van der Waals surface area contributed by atoms with Gasteiger partial charge in [-0.1, -0.05) is 49.1 Å². The fourth-order valence-electron chi connectivity index (χ4n) is 6.45. The molecule has 1 spiro atoms. The van der Waals surface area contributed by atoms with Gasteiger partial charge in [-0.25, -0.2) is 0 Å². The molecule has 2 aliphatic carbocycles. The van der Waals surface area contributed by atoms with Crippen LogP contribution in [0.1, 0.15) is 75.2 Å². The quantitative estimate of drug-likeness (QED) is 0.403. The average molecular weight is 489 g/mol. The minimum Gasteiger partial charge on any atom is -0.466 e. The molecular weight excluding hydrogens is 460 g/mol. The zero-order valence-corrected chi connectivity index (χ0v) is 20.7. The summed E-state index contributed by atoms with van der Waals surface area (Å²) in [6, 6.07) is 12.3. The second kappa shape index (κ2) is 8.63. The molecule has 35 heavy (non-hydrogen) atoms. The van der Waals surface area contributed by atoms with Crippen LogP contribution in [0.25, 0.3) is 22.2 Å². The first-order chi connectivity index (χ1) is 17.0. The highest BCUT2D eigenvalue weighted by Crippen LogP contribution is 2.52. The number of allylic oxidation sites excluding steroid dienone is 2. The van der Waals surface area contributed by atoms with Crippen LogP contribution in [-0.2, 0) is 14.9 Å². The van der Waals surface area contributed by atoms with Crippen molar-refractivity contribution in [2.24, 2.45) is 5.92 Å². The number of carbonyl (C=O) groups is 1. The Hall–Kier alpha value is -2.92. The fourth-order valence-corrected chi connectivity index (χ4v) is 6.70. The normalized spacial score (nSPS) is 20.4. The van der Waals surface area contributed by atoms with Crippen LogP contribution in [0.2, 0.25) is 5.02 Å². The van der Waals surface area contributed by atoms with E-state index in [2.05, 4.69) is 33.8 Å². The summed E-state index contributed by atoms with van der Waals surface area (Å²) >= 11 is 6.46. The van der Waals surface area contributed by atoms with Crippen LogP contribution in [0.15, 0.2) is 47.3 Å². The van der Waals surface area contributed by atoms with Crippen molar-refractivity contribution < 1.29 is 9.53 Å². The van der Waals surface area contributed by atoms with E-state index in [0.29, 0.717) is 17.0 Å². The van der Waals surface area contributed by atoms with E-state index in [1.807, 2.05) is 19.1 Å². The SMILES string of the molecule is CCOC(=O)C1CC=C(c2ccc3c(c2)C2(CCCCC2)c2nc(=O)c4c(Cl)cccc4n2-3)CC1. The van der Waals surface area contributed by atoms with Crippen molar-refractivity contribution in [3.63, 3.8) is 0 Å². The smallest absolute Gasteiger partial charge is 0.309 e. The summed E-state index contributed by atoms with van der Waals surface area (Å²) in [6.45, 7) is 2.28.